The SMILES string of the molecule is CC[C@H](C)NC(=O)[C@@H](Cc1ccccc1)N(Cc1ccc(Cl)cc1Cl)C(=O)CN(c1cc(C(F)(F)F)ccc1Cl)S(C)(=O)=O. The molecular weight excluding hydrogens is 662 g/mol. The summed E-state index contributed by atoms with van der Waals surface area (Å²) in [6.45, 7) is 2.47. The van der Waals surface area contributed by atoms with Crippen LogP contribution in [-0.4, -0.2) is 50.0 Å². The molecule has 3 aromatic rings. The number of amides is 2. The molecule has 7 nitrogen and oxygen atoms in total. The highest BCUT2D eigenvalue weighted by molar-refractivity contribution is 7.92. The second kappa shape index (κ2) is 14.9. The quantitative estimate of drug-likeness (QED) is 0.222. The monoisotopic (exact) mass is 691 g/mol. The molecule has 1 N–H and O–H groups in total. The van der Waals surface area contributed by atoms with Gasteiger partial charge in [-0.3, -0.25) is 13.9 Å². The Labute approximate surface area is 269 Å². The first-order chi connectivity index (χ1) is 20.5. The summed E-state index contributed by atoms with van der Waals surface area (Å²) in [6.07, 6.45) is -3.42. The van der Waals surface area contributed by atoms with E-state index in [2.05, 4.69) is 5.32 Å². The Bertz CT molecular complexity index is 1590. The minimum atomic E-state index is -4.81. The number of nitrogens with one attached hydrogen (secondary N) is 1. The average molecular weight is 693 g/mol. The van der Waals surface area contributed by atoms with Gasteiger partial charge in [0, 0.05) is 29.1 Å². The van der Waals surface area contributed by atoms with Gasteiger partial charge in [-0.25, -0.2) is 8.42 Å². The number of sulfonamides is 1. The summed E-state index contributed by atoms with van der Waals surface area (Å²) in [6, 6.07) is 14.2. The van der Waals surface area contributed by atoms with Crippen LogP contribution in [0.4, 0.5) is 18.9 Å². The molecule has 0 saturated heterocycles. The van der Waals surface area contributed by atoms with Crippen LogP contribution in [0, 0.1) is 0 Å². The van der Waals surface area contributed by atoms with Crippen molar-refractivity contribution in [2.75, 3.05) is 17.1 Å². The molecule has 0 fully saturated rings. The zero-order valence-electron chi connectivity index (χ0n) is 24.0. The summed E-state index contributed by atoms with van der Waals surface area (Å²) < 4.78 is 67.0. The molecule has 0 saturated carbocycles. The van der Waals surface area contributed by atoms with Crippen molar-refractivity contribution in [2.24, 2.45) is 0 Å². The maximum Gasteiger partial charge on any atom is 0.416 e. The zero-order chi connectivity index (χ0) is 32.8. The van der Waals surface area contributed by atoms with E-state index in [4.69, 9.17) is 34.8 Å². The topological polar surface area (TPSA) is 86.8 Å². The third-order valence-electron chi connectivity index (χ3n) is 6.85. The van der Waals surface area contributed by atoms with Crippen molar-refractivity contribution in [3.8, 4) is 0 Å². The van der Waals surface area contributed by atoms with Gasteiger partial charge in [0.15, 0.2) is 0 Å². The van der Waals surface area contributed by atoms with Crippen LogP contribution >= 0.6 is 34.8 Å². The van der Waals surface area contributed by atoms with Crippen molar-refractivity contribution in [2.45, 2.75) is 51.5 Å². The van der Waals surface area contributed by atoms with Crippen molar-refractivity contribution in [3.63, 3.8) is 0 Å². The molecule has 3 rings (SSSR count). The van der Waals surface area contributed by atoms with E-state index in [0.29, 0.717) is 39.0 Å². The first-order valence-electron chi connectivity index (χ1n) is 13.4. The molecule has 3 aromatic carbocycles. The van der Waals surface area contributed by atoms with Crippen LogP contribution < -0.4 is 9.62 Å². The predicted molar refractivity (Wildman–Crippen MR) is 167 cm³/mol. The number of carbonyl (C=O) groups excluding carboxylic acids is 2. The molecule has 2 atom stereocenters. The number of anilines is 1. The summed E-state index contributed by atoms with van der Waals surface area (Å²) in [7, 11) is -4.36. The minimum Gasteiger partial charge on any atom is -0.352 e. The highest BCUT2D eigenvalue weighted by atomic mass is 35.5. The van der Waals surface area contributed by atoms with Crippen molar-refractivity contribution >= 4 is 62.3 Å². The number of alkyl halides is 3. The lowest BCUT2D eigenvalue weighted by atomic mass is 10.0. The Kier molecular flexibility index (Phi) is 12.0. The van der Waals surface area contributed by atoms with Gasteiger partial charge in [0.25, 0.3) is 0 Å². The number of carbonyl (C=O) groups is 2. The van der Waals surface area contributed by atoms with Gasteiger partial charge >= 0.3 is 6.18 Å². The van der Waals surface area contributed by atoms with Crippen molar-refractivity contribution < 1.29 is 31.2 Å². The fraction of sp³-hybridized carbons (Fsp3) is 0.333. The van der Waals surface area contributed by atoms with E-state index in [0.717, 1.165) is 12.3 Å². The summed E-state index contributed by atoms with van der Waals surface area (Å²) in [5, 5.41) is 3.08. The van der Waals surface area contributed by atoms with E-state index in [1.807, 2.05) is 6.92 Å². The summed E-state index contributed by atoms with van der Waals surface area (Å²) in [5.74, 6) is -1.39. The lowest BCUT2D eigenvalue weighted by Gasteiger charge is -2.34. The Morgan fingerprint density at radius 2 is 1.61 bits per heavy atom. The van der Waals surface area contributed by atoms with Crippen LogP contribution in [0.25, 0.3) is 0 Å². The molecule has 0 aliphatic heterocycles. The zero-order valence-corrected chi connectivity index (χ0v) is 27.1. The molecule has 0 aromatic heterocycles. The molecule has 14 heteroatoms. The van der Waals surface area contributed by atoms with Gasteiger partial charge in [-0.1, -0.05) is 78.1 Å². The Morgan fingerprint density at radius 1 is 0.955 bits per heavy atom. The second-order valence-corrected chi connectivity index (χ2v) is 13.4. The Hall–Kier alpha value is -2.99. The largest absolute Gasteiger partial charge is 0.416 e. The highest BCUT2D eigenvalue weighted by Crippen LogP contribution is 2.36. The molecule has 238 valence electrons. The molecular formula is C30H31Cl3F3N3O4S. The lowest BCUT2D eigenvalue weighted by Crippen LogP contribution is -2.54. The van der Waals surface area contributed by atoms with Gasteiger partial charge < -0.3 is 10.2 Å². The maximum atomic E-state index is 14.1. The van der Waals surface area contributed by atoms with Gasteiger partial charge in [-0.15, -0.1) is 0 Å². The standard InChI is InChI=1S/C30H31Cl3F3N3O4S/c1-4-19(2)37-29(41)27(14-20-8-6-5-7-9-20)38(17-21-10-12-23(31)16-25(21)33)28(40)18-39(44(3,42)43)26-15-22(30(34,35)36)11-13-24(26)32/h5-13,15-16,19,27H,4,14,17-18H2,1-3H3,(H,37,41)/t19-,27+/m0/s1. The minimum absolute atomic E-state index is 0.0449. The van der Waals surface area contributed by atoms with E-state index < -0.39 is 51.9 Å². The van der Waals surface area contributed by atoms with Crippen LogP contribution in [0.5, 0.6) is 0 Å². The smallest absolute Gasteiger partial charge is 0.352 e. The first kappa shape index (κ1) is 35.5. The third kappa shape index (κ3) is 9.50. The number of nitrogens with zero attached hydrogens (tertiary/aromatic N) is 2. The van der Waals surface area contributed by atoms with Gasteiger partial charge in [0.05, 0.1) is 22.5 Å². The van der Waals surface area contributed by atoms with Gasteiger partial charge in [0.1, 0.15) is 12.6 Å². The molecule has 0 aliphatic rings. The van der Waals surface area contributed by atoms with Crippen LogP contribution in [0.3, 0.4) is 0 Å². The summed E-state index contributed by atoms with van der Waals surface area (Å²) in [5.41, 5.74) is -0.581. The molecule has 44 heavy (non-hydrogen) atoms. The highest BCUT2D eigenvalue weighted by Gasteiger charge is 2.36. The Balaban J connectivity index is 2.15. The lowest BCUT2D eigenvalue weighted by molar-refractivity contribution is -0.140. The maximum absolute atomic E-state index is 14.1. The van der Waals surface area contributed by atoms with E-state index in [-0.39, 0.29) is 29.1 Å². The number of hydrogen-bond donors (Lipinski definition) is 1. The average Bonchev–Trinajstić information content (AvgIpc) is 2.94. The predicted octanol–water partition coefficient (Wildman–Crippen LogP) is 6.99. The molecule has 0 radical (unpaired) electrons. The number of rotatable bonds is 12. The number of halogens is 6. The third-order valence-corrected chi connectivity index (χ3v) is 8.88. The van der Waals surface area contributed by atoms with Crippen LogP contribution in [-0.2, 0) is 38.8 Å². The van der Waals surface area contributed by atoms with Crippen molar-refractivity contribution in [1.29, 1.82) is 0 Å². The molecule has 0 aliphatic carbocycles. The normalized spacial score (nSPS) is 13.2. The van der Waals surface area contributed by atoms with Crippen LogP contribution in [0.2, 0.25) is 15.1 Å². The number of hydrogen-bond acceptors (Lipinski definition) is 4. The molecule has 2 amide bonds. The van der Waals surface area contributed by atoms with Crippen molar-refractivity contribution in [1.82, 2.24) is 10.2 Å². The number of benzene rings is 3. The summed E-state index contributed by atoms with van der Waals surface area (Å²) in [4.78, 5) is 29.0. The van der Waals surface area contributed by atoms with Crippen LogP contribution in [0.1, 0.15) is 37.0 Å². The summed E-state index contributed by atoms with van der Waals surface area (Å²) >= 11 is 18.7. The fourth-order valence-corrected chi connectivity index (χ4v) is 5.89. The van der Waals surface area contributed by atoms with Gasteiger partial charge in [0.2, 0.25) is 21.8 Å². The van der Waals surface area contributed by atoms with Crippen molar-refractivity contribution in [3.05, 3.63) is 98.5 Å². The van der Waals surface area contributed by atoms with E-state index in [1.165, 1.54) is 11.0 Å². The first-order valence-corrected chi connectivity index (χ1v) is 16.4. The van der Waals surface area contributed by atoms with E-state index >= 15 is 0 Å². The molecule has 0 unspecified atom stereocenters. The van der Waals surface area contributed by atoms with Gasteiger partial charge in [-0.2, -0.15) is 13.2 Å². The van der Waals surface area contributed by atoms with E-state index in [1.54, 1.807) is 49.4 Å². The molecule has 0 spiro atoms. The van der Waals surface area contributed by atoms with Gasteiger partial charge in [-0.05, 0) is 54.8 Å². The van der Waals surface area contributed by atoms with E-state index in [9.17, 15) is 31.2 Å². The fourth-order valence-electron chi connectivity index (χ4n) is 4.30. The second-order valence-electron chi connectivity index (χ2n) is 10.2. The Morgan fingerprint density at radius 3 is 2.18 bits per heavy atom. The molecule has 0 bridgehead atoms. The molecule has 0 heterocycles. The van der Waals surface area contributed by atoms with Crippen LogP contribution in [0.15, 0.2) is 66.7 Å².